The predicted octanol–water partition coefficient (Wildman–Crippen LogP) is 1.73. The lowest BCUT2D eigenvalue weighted by molar-refractivity contribution is -0.127. The van der Waals surface area contributed by atoms with Crippen molar-refractivity contribution in [2.45, 2.75) is 32.8 Å². The van der Waals surface area contributed by atoms with Gasteiger partial charge in [-0.25, -0.2) is 9.80 Å². The number of rotatable bonds is 0. The van der Waals surface area contributed by atoms with Gasteiger partial charge in [-0.1, -0.05) is 0 Å². The molecule has 0 spiro atoms. The minimum Gasteiger partial charge on any atom is -0.443 e. The number of nitrogens with zero attached hydrogens (tertiary/aromatic N) is 2. The van der Waals surface area contributed by atoms with Gasteiger partial charge >= 0.3 is 6.09 Å². The fraction of sp³-hybridized carbons (Fsp3) is 0.875. The average molecular weight is 190 g/mol. The van der Waals surface area contributed by atoms with Crippen molar-refractivity contribution < 1.29 is 14.0 Å². The van der Waals surface area contributed by atoms with Crippen molar-refractivity contribution in [3.8, 4) is 0 Å². The Morgan fingerprint density at radius 3 is 2.38 bits per heavy atom. The highest BCUT2D eigenvalue weighted by Gasteiger charge is 2.30. The van der Waals surface area contributed by atoms with Gasteiger partial charge in [-0.05, 0) is 32.4 Å². The maximum atomic E-state index is 12.9. The van der Waals surface area contributed by atoms with Crippen LogP contribution in [0.1, 0.15) is 27.2 Å². The zero-order valence-electron chi connectivity index (χ0n) is 8.21. The molecular weight excluding hydrogens is 175 g/mol. The van der Waals surface area contributed by atoms with E-state index in [4.69, 9.17) is 4.74 Å². The van der Waals surface area contributed by atoms with Crippen LogP contribution in [0.25, 0.3) is 0 Å². The second-order valence-electron chi connectivity index (χ2n) is 4.02. The Kier molecular flexibility index (Phi) is 2.75. The molecule has 0 N–H and O–H groups in total. The lowest BCUT2D eigenvalue weighted by Crippen LogP contribution is -2.40. The Morgan fingerprint density at radius 1 is 1.38 bits per heavy atom. The SMILES string of the molecule is CC(C)(C)OC(=O)N1CCCN1F. The number of hydrogen-bond donors (Lipinski definition) is 0. The number of halogens is 1. The molecule has 1 saturated heterocycles. The minimum absolute atomic E-state index is 0.263. The highest BCUT2D eigenvalue weighted by molar-refractivity contribution is 5.67. The van der Waals surface area contributed by atoms with E-state index in [1.54, 1.807) is 20.8 Å². The van der Waals surface area contributed by atoms with Crippen molar-refractivity contribution in [1.82, 2.24) is 10.2 Å². The van der Waals surface area contributed by atoms with E-state index in [0.717, 1.165) is 5.01 Å². The summed E-state index contributed by atoms with van der Waals surface area (Å²) in [6.45, 7) is 5.92. The van der Waals surface area contributed by atoms with Gasteiger partial charge in [0, 0.05) is 6.54 Å². The number of hydrogen-bond acceptors (Lipinski definition) is 3. The average Bonchev–Trinajstić information content (AvgIpc) is 2.30. The monoisotopic (exact) mass is 190 g/mol. The third-order valence-electron chi connectivity index (χ3n) is 1.58. The van der Waals surface area contributed by atoms with Crippen LogP contribution in [-0.2, 0) is 4.74 Å². The molecule has 76 valence electrons. The van der Waals surface area contributed by atoms with Crippen LogP contribution in [0.3, 0.4) is 0 Å². The third-order valence-corrected chi connectivity index (χ3v) is 1.58. The summed E-state index contributed by atoms with van der Waals surface area (Å²) < 4.78 is 17.9. The topological polar surface area (TPSA) is 32.8 Å². The predicted molar refractivity (Wildman–Crippen MR) is 45.4 cm³/mol. The van der Waals surface area contributed by atoms with Crippen LogP contribution in [0.2, 0.25) is 0 Å². The zero-order valence-corrected chi connectivity index (χ0v) is 8.21. The van der Waals surface area contributed by atoms with Crippen LogP contribution < -0.4 is 0 Å². The zero-order chi connectivity index (χ0) is 10.1. The number of hydrazine groups is 1. The molecule has 0 unspecified atom stereocenters. The number of carbonyl (C=O) groups is 1. The quantitative estimate of drug-likeness (QED) is 0.545. The van der Waals surface area contributed by atoms with Gasteiger partial charge < -0.3 is 4.74 Å². The van der Waals surface area contributed by atoms with E-state index < -0.39 is 11.7 Å². The lowest BCUT2D eigenvalue weighted by atomic mass is 10.2. The fourth-order valence-corrected chi connectivity index (χ4v) is 1.07. The van der Waals surface area contributed by atoms with Crippen LogP contribution in [-0.4, -0.2) is 35.0 Å². The van der Waals surface area contributed by atoms with Crippen molar-refractivity contribution in [3.05, 3.63) is 0 Å². The van der Waals surface area contributed by atoms with Crippen molar-refractivity contribution in [2.75, 3.05) is 13.1 Å². The van der Waals surface area contributed by atoms with Crippen molar-refractivity contribution in [2.24, 2.45) is 0 Å². The highest BCUT2D eigenvalue weighted by Crippen LogP contribution is 2.16. The van der Waals surface area contributed by atoms with Crippen molar-refractivity contribution in [1.29, 1.82) is 0 Å². The minimum atomic E-state index is -0.618. The number of carbonyl (C=O) groups excluding carboxylic acids is 1. The molecular formula is C8H15FN2O2. The Bertz CT molecular complexity index is 203. The van der Waals surface area contributed by atoms with Gasteiger partial charge in [0.15, 0.2) is 0 Å². The molecule has 1 heterocycles. The molecule has 13 heavy (non-hydrogen) atoms. The first-order chi connectivity index (χ1) is 5.90. The summed E-state index contributed by atoms with van der Waals surface area (Å²) in [4.78, 5) is 11.3. The van der Waals surface area contributed by atoms with Crippen molar-refractivity contribution in [3.63, 3.8) is 0 Å². The maximum Gasteiger partial charge on any atom is 0.427 e. The summed E-state index contributed by atoms with van der Waals surface area (Å²) in [5.41, 5.74) is -0.569. The van der Waals surface area contributed by atoms with E-state index >= 15 is 0 Å². The van der Waals surface area contributed by atoms with Gasteiger partial charge in [-0.2, -0.15) is 0 Å². The molecule has 0 aromatic carbocycles. The van der Waals surface area contributed by atoms with Gasteiger partial charge in [0.2, 0.25) is 0 Å². The molecule has 0 bridgehead atoms. The molecule has 1 aliphatic rings. The second kappa shape index (κ2) is 3.49. The molecule has 0 radical (unpaired) electrons. The second-order valence-corrected chi connectivity index (χ2v) is 4.02. The number of amides is 1. The molecule has 4 nitrogen and oxygen atoms in total. The van der Waals surface area contributed by atoms with Gasteiger partial charge in [0.25, 0.3) is 0 Å². The first kappa shape index (κ1) is 10.2. The van der Waals surface area contributed by atoms with Crippen LogP contribution in [0.5, 0.6) is 0 Å². The van der Waals surface area contributed by atoms with E-state index in [-0.39, 0.29) is 6.54 Å². The molecule has 1 fully saturated rings. The van der Waals surface area contributed by atoms with Gasteiger partial charge in [0.05, 0.1) is 6.54 Å². The van der Waals surface area contributed by atoms with Crippen LogP contribution in [0.15, 0.2) is 0 Å². The van der Waals surface area contributed by atoms with E-state index in [1.807, 2.05) is 0 Å². The first-order valence-corrected chi connectivity index (χ1v) is 4.34. The molecule has 1 rings (SSSR count). The molecule has 0 atom stereocenters. The molecule has 0 aromatic heterocycles. The van der Waals surface area contributed by atoms with Crippen LogP contribution in [0, 0.1) is 0 Å². The van der Waals surface area contributed by atoms with E-state index in [2.05, 4.69) is 0 Å². The molecule has 0 aliphatic carbocycles. The third kappa shape index (κ3) is 2.84. The fourth-order valence-electron chi connectivity index (χ4n) is 1.07. The van der Waals surface area contributed by atoms with Gasteiger partial charge in [-0.3, -0.25) is 0 Å². The lowest BCUT2D eigenvalue weighted by Gasteiger charge is -2.25. The van der Waals surface area contributed by atoms with E-state index in [9.17, 15) is 9.28 Å². The molecule has 1 aliphatic heterocycles. The molecule has 0 aromatic rings. The van der Waals surface area contributed by atoms with E-state index in [1.165, 1.54) is 0 Å². The Labute approximate surface area is 77.2 Å². The molecule has 5 heteroatoms. The number of ether oxygens (including phenoxy) is 1. The van der Waals surface area contributed by atoms with Crippen molar-refractivity contribution >= 4 is 6.09 Å². The van der Waals surface area contributed by atoms with Gasteiger partial charge in [-0.15, -0.1) is 4.48 Å². The molecule has 0 saturated carbocycles. The Hall–Kier alpha value is -0.840. The summed E-state index contributed by atoms with van der Waals surface area (Å²) >= 11 is 0. The maximum absolute atomic E-state index is 12.9. The summed E-state index contributed by atoms with van der Waals surface area (Å²) in [5, 5.41) is 1.37. The Morgan fingerprint density at radius 2 is 2.00 bits per heavy atom. The standard InChI is InChI=1S/C8H15FN2O2/c1-8(2,3)13-7(12)10-5-4-6-11(10)9/h4-6H2,1-3H3. The largest absolute Gasteiger partial charge is 0.443 e. The van der Waals surface area contributed by atoms with Gasteiger partial charge in [0.1, 0.15) is 5.60 Å². The first-order valence-electron chi connectivity index (χ1n) is 4.34. The highest BCUT2D eigenvalue weighted by atomic mass is 19.2. The normalized spacial score (nSPS) is 19.2. The summed E-state index contributed by atoms with van der Waals surface area (Å²) in [6.07, 6.45) is 0.0305. The van der Waals surface area contributed by atoms with E-state index in [0.29, 0.717) is 18.2 Å². The summed E-state index contributed by atoms with van der Waals surface area (Å²) in [6, 6.07) is 0. The van der Waals surface area contributed by atoms with Crippen LogP contribution >= 0.6 is 0 Å². The summed E-state index contributed by atoms with van der Waals surface area (Å²) in [5.74, 6) is 0. The van der Waals surface area contributed by atoms with Crippen LogP contribution in [0.4, 0.5) is 9.28 Å². The molecule has 1 amide bonds. The Balaban J connectivity index is 2.48. The summed E-state index contributed by atoms with van der Waals surface area (Å²) in [7, 11) is 0. The smallest absolute Gasteiger partial charge is 0.427 e.